The summed E-state index contributed by atoms with van der Waals surface area (Å²) >= 11 is 1.26. The van der Waals surface area contributed by atoms with Gasteiger partial charge < -0.3 is 19.7 Å². The number of thiophene rings is 1. The summed E-state index contributed by atoms with van der Waals surface area (Å²) in [5.74, 6) is 0.792. The highest BCUT2D eigenvalue weighted by Gasteiger charge is 2.42. The normalized spacial score (nSPS) is 16.3. The first kappa shape index (κ1) is 33.5. The minimum Gasteiger partial charge on any atom is -0.495 e. The number of halogens is 1. The number of amides is 2. The molecule has 2 aliphatic rings. The molecule has 1 saturated heterocycles. The van der Waals surface area contributed by atoms with Crippen molar-refractivity contribution >= 4 is 58.6 Å². The van der Waals surface area contributed by atoms with Crippen molar-refractivity contribution in [2.45, 2.75) is 63.8 Å². The first-order valence-electron chi connectivity index (χ1n) is 14.4. The molecule has 44 heavy (non-hydrogen) atoms. The first-order chi connectivity index (χ1) is 20.8. The van der Waals surface area contributed by atoms with Gasteiger partial charge in [0.15, 0.2) is 17.6 Å². The van der Waals surface area contributed by atoms with Crippen molar-refractivity contribution in [3.8, 4) is 11.5 Å². The molecular formula is C32H39FN3O6PS. The van der Waals surface area contributed by atoms with Crippen molar-refractivity contribution in [2.24, 2.45) is 0 Å². The third-order valence-electron chi connectivity index (χ3n) is 7.65. The number of ketones is 1. The SMILES string of the molecule is CN1CCC2(CC1)CC(=O)c1cc(F)ccc1O2.COc1cccc2c(C=O)c(NC(=O)NC(C)(C)C(=O)PC(C)C)sc12. The molecule has 0 saturated carbocycles. The fourth-order valence-electron chi connectivity index (χ4n) is 5.17. The summed E-state index contributed by atoms with van der Waals surface area (Å²) in [6.07, 6.45) is 2.79. The van der Waals surface area contributed by atoms with Crippen LogP contribution in [0.25, 0.3) is 10.1 Å². The Labute approximate surface area is 262 Å². The number of hydrogen-bond acceptors (Lipinski definition) is 8. The molecule has 12 heteroatoms. The third kappa shape index (κ3) is 7.62. The lowest BCUT2D eigenvalue weighted by Gasteiger charge is -2.43. The van der Waals surface area contributed by atoms with Crippen LogP contribution in [-0.4, -0.2) is 72.6 Å². The van der Waals surface area contributed by atoms with Crippen LogP contribution in [-0.2, 0) is 4.79 Å². The maximum Gasteiger partial charge on any atom is 0.320 e. The Morgan fingerprint density at radius 3 is 2.55 bits per heavy atom. The molecule has 3 aromatic rings. The molecular weight excluding hydrogens is 604 g/mol. The maximum absolute atomic E-state index is 13.1. The van der Waals surface area contributed by atoms with Gasteiger partial charge in [-0.15, -0.1) is 11.3 Å². The Balaban J connectivity index is 0.000000213. The van der Waals surface area contributed by atoms with Crippen LogP contribution in [0, 0.1) is 5.82 Å². The van der Waals surface area contributed by atoms with E-state index in [2.05, 4.69) is 22.6 Å². The van der Waals surface area contributed by atoms with E-state index in [1.54, 1.807) is 45.2 Å². The molecule has 2 N–H and O–H groups in total. The van der Waals surface area contributed by atoms with Gasteiger partial charge in [-0.3, -0.25) is 19.7 Å². The first-order valence-corrected chi connectivity index (χ1v) is 16.3. The van der Waals surface area contributed by atoms with Crippen molar-refractivity contribution in [1.82, 2.24) is 10.2 Å². The summed E-state index contributed by atoms with van der Waals surface area (Å²) in [6, 6.07) is 9.07. The number of carbonyl (C=O) groups is 4. The standard InChI is InChI=1S/C18H23N2O4PS.C14H16FNO2/c1-10(2)25-16(22)18(3,4)20-17(23)19-15-12(9-21)11-7-6-8-13(24-5)14(11)26-15;1-16-6-4-14(5-7-16)9-12(17)11-8-10(15)2-3-13(11)18-14/h6-10,25H,1-5H3,(H2,19,20,23);2-3,8H,4-7,9H2,1H3. The second kappa shape index (κ2) is 13.7. The monoisotopic (exact) mass is 643 g/mol. The molecule has 1 atom stereocenters. The number of rotatable bonds is 7. The number of piperidine rings is 1. The number of nitrogens with one attached hydrogen (secondary N) is 2. The lowest BCUT2D eigenvalue weighted by atomic mass is 9.82. The number of carbonyl (C=O) groups excluding carboxylic acids is 4. The van der Waals surface area contributed by atoms with E-state index in [0.717, 1.165) is 36.0 Å². The summed E-state index contributed by atoms with van der Waals surface area (Å²) in [4.78, 5) is 50.6. The van der Waals surface area contributed by atoms with Gasteiger partial charge in [-0.25, -0.2) is 9.18 Å². The number of Topliss-reactive ketones (excluding diaryl/α,β-unsaturated/α-hetero) is 1. The number of nitrogens with zero attached hydrogens (tertiary/aromatic N) is 1. The molecule has 1 aromatic heterocycles. The van der Waals surface area contributed by atoms with Gasteiger partial charge in [-0.1, -0.05) is 26.0 Å². The van der Waals surface area contributed by atoms with Gasteiger partial charge in [0.1, 0.15) is 27.9 Å². The minimum absolute atomic E-state index is 0.000281. The number of aldehydes is 1. The molecule has 2 amide bonds. The van der Waals surface area contributed by atoms with Crippen molar-refractivity contribution in [3.63, 3.8) is 0 Å². The molecule has 1 unspecified atom stereocenters. The van der Waals surface area contributed by atoms with Crippen molar-refractivity contribution in [1.29, 1.82) is 0 Å². The van der Waals surface area contributed by atoms with Crippen LogP contribution in [0.15, 0.2) is 36.4 Å². The van der Waals surface area contributed by atoms with E-state index in [-0.39, 0.29) is 37.0 Å². The Hall–Kier alpha value is -3.40. The Bertz CT molecular complexity index is 1560. The fourth-order valence-corrected chi connectivity index (χ4v) is 7.28. The van der Waals surface area contributed by atoms with Gasteiger partial charge in [0, 0.05) is 31.3 Å². The number of likely N-dealkylation sites (tertiary alicyclic amines) is 1. The highest BCUT2D eigenvalue weighted by Crippen LogP contribution is 2.41. The van der Waals surface area contributed by atoms with E-state index in [1.165, 1.54) is 23.5 Å². The Morgan fingerprint density at radius 2 is 1.91 bits per heavy atom. The van der Waals surface area contributed by atoms with E-state index < -0.39 is 11.6 Å². The van der Waals surface area contributed by atoms with Crippen LogP contribution in [0.5, 0.6) is 11.5 Å². The molecule has 1 fully saturated rings. The Morgan fingerprint density at radius 1 is 1.20 bits per heavy atom. The highest BCUT2D eigenvalue weighted by atomic mass is 32.1. The fraction of sp³-hybridized carbons (Fsp3) is 0.438. The molecule has 5 rings (SSSR count). The van der Waals surface area contributed by atoms with Crippen LogP contribution in [0.4, 0.5) is 14.2 Å². The van der Waals surface area contributed by atoms with Crippen LogP contribution < -0.4 is 20.1 Å². The number of ether oxygens (including phenoxy) is 2. The predicted molar refractivity (Wildman–Crippen MR) is 174 cm³/mol. The summed E-state index contributed by atoms with van der Waals surface area (Å²) < 4.78 is 25.3. The smallest absolute Gasteiger partial charge is 0.320 e. The second-order valence-corrected chi connectivity index (χ2v) is 14.9. The molecule has 0 aliphatic carbocycles. The average molecular weight is 644 g/mol. The van der Waals surface area contributed by atoms with Crippen LogP contribution in [0.1, 0.15) is 67.7 Å². The summed E-state index contributed by atoms with van der Waals surface area (Å²) in [5.41, 5.74) is -0.344. The van der Waals surface area contributed by atoms with Gasteiger partial charge in [0.2, 0.25) is 0 Å². The molecule has 2 aromatic carbocycles. The predicted octanol–water partition coefficient (Wildman–Crippen LogP) is 6.49. The van der Waals surface area contributed by atoms with E-state index >= 15 is 0 Å². The summed E-state index contributed by atoms with van der Waals surface area (Å²) in [6.45, 7) is 9.16. The van der Waals surface area contributed by atoms with Crippen molar-refractivity contribution < 1.29 is 33.0 Å². The number of hydrogen-bond donors (Lipinski definition) is 2. The number of benzene rings is 2. The zero-order chi connectivity index (χ0) is 32.2. The maximum atomic E-state index is 13.1. The number of methoxy groups -OCH3 is 1. The molecule has 0 radical (unpaired) electrons. The molecule has 2 aliphatic heterocycles. The van der Waals surface area contributed by atoms with Gasteiger partial charge >= 0.3 is 6.03 Å². The topological polar surface area (TPSA) is 114 Å². The zero-order valence-corrected chi connectivity index (χ0v) is 27.7. The zero-order valence-electron chi connectivity index (χ0n) is 25.8. The minimum atomic E-state index is -0.984. The Kier molecular flexibility index (Phi) is 10.4. The van der Waals surface area contributed by atoms with E-state index in [4.69, 9.17) is 9.47 Å². The largest absolute Gasteiger partial charge is 0.495 e. The third-order valence-corrected chi connectivity index (χ3v) is 10.3. The number of fused-ring (bicyclic) bond motifs is 2. The molecule has 9 nitrogen and oxygen atoms in total. The van der Waals surface area contributed by atoms with Crippen LogP contribution in [0.3, 0.4) is 0 Å². The number of anilines is 1. The lowest BCUT2D eigenvalue weighted by molar-refractivity contribution is -0.115. The van der Waals surface area contributed by atoms with Gasteiger partial charge in [0.05, 0.1) is 34.9 Å². The van der Waals surface area contributed by atoms with Crippen molar-refractivity contribution in [3.05, 3.63) is 53.3 Å². The average Bonchev–Trinajstić information content (AvgIpc) is 3.31. The quantitative estimate of drug-likeness (QED) is 0.224. The lowest BCUT2D eigenvalue weighted by Crippen LogP contribution is -2.50. The second-order valence-electron chi connectivity index (χ2n) is 12.0. The van der Waals surface area contributed by atoms with E-state index in [0.29, 0.717) is 40.3 Å². The van der Waals surface area contributed by atoms with Crippen LogP contribution in [0.2, 0.25) is 0 Å². The molecule has 0 bridgehead atoms. The molecule has 1 spiro atoms. The van der Waals surface area contributed by atoms with E-state index in [1.807, 2.05) is 13.8 Å². The summed E-state index contributed by atoms with van der Waals surface area (Å²) in [5, 5.41) is 6.54. The van der Waals surface area contributed by atoms with Crippen molar-refractivity contribution in [2.75, 3.05) is 32.6 Å². The molecule has 3 heterocycles. The number of urea groups is 1. The summed E-state index contributed by atoms with van der Waals surface area (Å²) in [7, 11) is 3.74. The van der Waals surface area contributed by atoms with Gasteiger partial charge in [0.25, 0.3) is 0 Å². The molecule has 236 valence electrons. The van der Waals surface area contributed by atoms with E-state index in [9.17, 15) is 23.6 Å². The van der Waals surface area contributed by atoms with Gasteiger partial charge in [-0.05, 0) is 59.4 Å². The highest BCUT2D eigenvalue weighted by molar-refractivity contribution is 7.58. The van der Waals surface area contributed by atoms with Crippen LogP contribution >= 0.6 is 19.9 Å². The van der Waals surface area contributed by atoms with Gasteiger partial charge in [-0.2, -0.15) is 0 Å².